The molecule has 1 aromatic heterocycles. The van der Waals surface area contributed by atoms with Gasteiger partial charge < -0.3 is 9.67 Å². The van der Waals surface area contributed by atoms with Crippen LogP contribution in [-0.2, 0) is 6.42 Å². The molecule has 1 aliphatic heterocycles. The van der Waals surface area contributed by atoms with E-state index in [4.69, 9.17) is 4.98 Å². The van der Waals surface area contributed by atoms with Crippen LogP contribution in [0, 0.1) is 0 Å². The summed E-state index contributed by atoms with van der Waals surface area (Å²) in [5.74, 6) is 1.09. The van der Waals surface area contributed by atoms with Gasteiger partial charge in [-0.15, -0.1) is 0 Å². The number of nitrogens with zero attached hydrogens (tertiary/aromatic N) is 2. The molecule has 0 bridgehead atoms. The van der Waals surface area contributed by atoms with Gasteiger partial charge in [0.05, 0.1) is 18.3 Å². The van der Waals surface area contributed by atoms with Crippen molar-refractivity contribution in [2.45, 2.75) is 25.3 Å². The molecule has 0 saturated carbocycles. The van der Waals surface area contributed by atoms with E-state index in [-0.39, 0.29) is 12.6 Å². The zero-order valence-electron chi connectivity index (χ0n) is 10.0. The molecule has 1 unspecified atom stereocenters. The number of aliphatic hydroxyl groups excluding tert-OH is 1. The lowest BCUT2D eigenvalue weighted by molar-refractivity contribution is 0.206. The predicted octanol–water partition coefficient (Wildman–Crippen LogP) is 3.18. The van der Waals surface area contributed by atoms with E-state index in [1.807, 2.05) is 18.2 Å². The van der Waals surface area contributed by atoms with Crippen molar-refractivity contribution in [2.24, 2.45) is 0 Å². The van der Waals surface area contributed by atoms with Gasteiger partial charge >= 0.3 is 0 Å². The summed E-state index contributed by atoms with van der Waals surface area (Å²) in [6, 6.07) is 8.29. The summed E-state index contributed by atoms with van der Waals surface area (Å²) in [6.45, 7) is 0.193. The van der Waals surface area contributed by atoms with Crippen LogP contribution in [0.15, 0.2) is 34.9 Å². The van der Waals surface area contributed by atoms with E-state index >= 15 is 0 Å². The first-order valence-electron chi connectivity index (χ1n) is 6.23. The third-order valence-electron chi connectivity index (χ3n) is 3.50. The van der Waals surface area contributed by atoms with E-state index in [1.165, 1.54) is 0 Å². The number of halogens is 1. The van der Waals surface area contributed by atoms with Crippen LogP contribution in [0.3, 0.4) is 0 Å². The van der Waals surface area contributed by atoms with Crippen molar-refractivity contribution in [1.29, 1.82) is 0 Å². The van der Waals surface area contributed by atoms with E-state index in [1.54, 1.807) is 0 Å². The largest absolute Gasteiger partial charge is 0.394 e. The molecule has 0 spiro atoms. The van der Waals surface area contributed by atoms with Crippen molar-refractivity contribution >= 4 is 15.9 Å². The minimum absolute atomic E-state index is 0.192. The second-order valence-electron chi connectivity index (χ2n) is 4.66. The molecule has 0 aliphatic carbocycles. The maximum Gasteiger partial charge on any atom is 0.109 e. The monoisotopic (exact) mass is 306 g/mol. The van der Waals surface area contributed by atoms with E-state index in [0.29, 0.717) is 0 Å². The van der Waals surface area contributed by atoms with E-state index in [0.717, 1.165) is 40.8 Å². The fraction of sp³-hybridized carbons (Fsp3) is 0.357. The molecule has 4 heteroatoms. The first-order valence-corrected chi connectivity index (χ1v) is 7.02. The Hall–Kier alpha value is -1.13. The Balaban J connectivity index is 2.05. The van der Waals surface area contributed by atoms with Crippen LogP contribution in [0.4, 0.5) is 0 Å². The van der Waals surface area contributed by atoms with Gasteiger partial charge in [-0.1, -0.05) is 34.1 Å². The number of hydrogen-bond donors (Lipinski definition) is 1. The second-order valence-corrected chi connectivity index (χ2v) is 5.51. The third-order valence-corrected chi connectivity index (χ3v) is 4.19. The molecule has 1 aromatic carbocycles. The zero-order valence-corrected chi connectivity index (χ0v) is 11.6. The maximum absolute atomic E-state index is 9.41. The highest BCUT2D eigenvalue weighted by Gasteiger charge is 2.21. The van der Waals surface area contributed by atoms with Gasteiger partial charge in [0.15, 0.2) is 0 Å². The molecule has 0 amide bonds. The summed E-state index contributed by atoms with van der Waals surface area (Å²) < 4.78 is 3.19. The van der Waals surface area contributed by atoms with Crippen LogP contribution in [0.1, 0.15) is 24.7 Å². The number of aryl methyl sites for hydroxylation is 1. The summed E-state index contributed by atoms with van der Waals surface area (Å²) in [5, 5.41) is 9.41. The molecule has 2 aromatic rings. The van der Waals surface area contributed by atoms with E-state index in [2.05, 4.69) is 32.8 Å². The lowest BCUT2D eigenvalue weighted by Crippen LogP contribution is -2.20. The summed E-state index contributed by atoms with van der Waals surface area (Å²) in [7, 11) is 0. The highest BCUT2D eigenvalue weighted by atomic mass is 79.9. The molecule has 1 atom stereocenters. The SMILES string of the molecule is OCC1CCCc2nc(-c3ccccc3Br)cn21. The molecule has 2 heterocycles. The number of imidazole rings is 1. The van der Waals surface area contributed by atoms with Gasteiger partial charge in [-0.2, -0.15) is 0 Å². The highest BCUT2D eigenvalue weighted by Crippen LogP contribution is 2.31. The van der Waals surface area contributed by atoms with Gasteiger partial charge in [-0.05, 0) is 18.9 Å². The second kappa shape index (κ2) is 4.86. The van der Waals surface area contributed by atoms with Gasteiger partial charge in [-0.3, -0.25) is 0 Å². The number of benzene rings is 1. The Bertz CT molecular complexity index is 565. The number of hydrogen-bond acceptors (Lipinski definition) is 2. The fourth-order valence-electron chi connectivity index (χ4n) is 2.55. The Kier molecular flexibility index (Phi) is 3.22. The summed E-state index contributed by atoms with van der Waals surface area (Å²) >= 11 is 3.56. The fourth-order valence-corrected chi connectivity index (χ4v) is 3.03. The van der Waals surface area contributed by atoms with E-state index < -0.39 is 0 Å². The van der Waals surface area contributed by atoms with Gasteiger partial charge in [-0.25, -0.2) is 4.98 Å². The average Bonchev–Trinajstić information content (AvgIpc) is 2.82. The Morgan fingerprint density at radius 3 is 3.00 bits per heavy atom. The van der Waals surface area contributed by atoms with Crippen molar-refractivity contribution < 1.29 is 5.11 Å². The Morgan fingerprint density at radius 2 is 2.22 bits per heavy atom. The van der Waals surface area contributed by atoms with Gasteiger partial charge in [0.1, 0.15) is 5.82 Å². The van der Waals surface area contributed by atoms with Gasteiger partial charge in [0.2, 0.25) is 0 Å². The molecular formula is C14H15BrN2O. The molecule has 94 valence electrons. The molecule has 0 fully saturated rings. The molecule has 3 rings (SSSR count). The number of aliphatic hydroxyl groups is 1. The molecule has 18 heavy (non-hydrogen) atoms. The highest BCUT2D eigenvalue weighted by molar-refractivity contribution is 9.10. The Morgan fingerprint density at radius 1 is 1.39 bits per heavy atom. The smallest absolute Gasteiger partial charge is 0.109 e. The summed E-state index contributed by atoms with van der Waals surface area (Å²) in [6.07, 6.45) is 5.21. The topological polar surface area (TPSA) is 38.1 Å². The molecule has 1 N–H and O–H groups in total. The molecule has 0 saturated heterocycles. The maximum atomic E-state index is 9.41. The lowest BCUT2D eigenvalue weighted by atomic mass is 10.1. The van der Waals surface area contributed by atoms with Crippen molar-refractivity contribution in [3.63, 3.8) is 0 Å². The Labute approximate surface area is 115 Å². The van der Waals surface area contributed by atoms with Crippen molar-refractivity contribution in [3.05, 3.63) is 40.8 Å². The van der Waals surface area contributed by atoms with Crippen LogP contribution in [0.5, 0.6) is 0 Å². The van der Waals surface area contributed by atoms with Crippen LogP contribution >= 0.6 is 15.9 Å². The number of rotatable bonds is 2. The number of aromatic nitrogens is 2. The molecular weight excluding hydrogens is 292 g/mol. The van der Waals surface area contributed by atoms with Crippen LogP contribution in [-0.4, -0.2) is 21.3 Å². The average molecular weight is 307 g/mol. The minimum atomic E-state index is 0.192. The standard InChI is InChI=1S/C14H15BrN2O/c15-12-6-2-1-5-11(12)13-8-17-10(9-18)4-3-7-14(17)16-13/h1-2,5-6,8,10,18H,3-4,7,9H2. The van der Waals surface area contributed by atoms with Crippen molar-refractivity contribution in [3.8, 4) is 11.3 Å². The quantitative estimate of drug-likeness (QED) is 0.925. The lowest BCUT2D eigenvalue weighted by Gasteiger charge is -2.22. The summed E-state index contributed by atoms with van der Waals surface area (Å²) in [4.78, 5) is 4.70. The van der Waals surface area contributed by atoms with Crippen molar-refractivity contribution in [1.82, 2.24) is 9.55 Å². The summed E-state index contributed by atoms with van der Waals surface area (Å²) in [5.41, 5.74) is 2.09. The molecule has 0 radical (unpaired) electrons. The minimum Gasteiger partial charge on any atom is -0.394 e. The van der Waals surface area contributed by atoms with Gasteiger partial charge in [0, 0.05) is 22.7 Å². The number of fused-ring (bicyclic) bond motifs is 1. The zero-order chi connectivity index (χ0) is 12.5. The normalized spacial score (nSPS) is 18.7. The van der Waals surface area contributed by atoms with Crippen LogP contribution < -0.4 is 0 Å². The first-order chi connectivity index (χ1) is 8.79. The van der Waals surface area contributed by atoms with Crippen LogP contribution in [0.25, 0.3) is 11.3 Å². The van der Waals surface area contributed by atoms with E-state index in [9.17, 15) is 5.11 Å². The third kappa shape index (κ3) is 1.99. The molecule has 1 aliphatic rings. The molecule has 3 nitrogen and oxygen atoms in total. The van der Waals surface area contributed by atoms with Crippen molar-refractivity contribution in [2.75, 3.05) is 6.61 Å². The first kappa shape index (κ1) is 11.9. The van der Waals surface area contributed by atoms with Gasteiger partial charge in [0.25, 0.3) is 0 Å². The predicted molar refractivity (Wildman–Crippen MR) is 74.4 cm³/mol. The van der Waals surface area contributed by atoms with Crippen LogP contribution in [0.2, 0.25) is 0 Å².